The van der Waals surface area contributed by atoms with Crippen LogP contribution in [0.4, 0.5) is 0 Å². The van der Waals surface area contributed by atoms with Crippen LogP contribution in [0.2, 0.25) is 0 Å². The molecule has 0 aliphatic carbocycles. The molecule has 0 unspecified atom stereocenters. The predicted octanol–water partition coefficient (Wildman–Crippen LogP) is 0.0112. The topological polar surface area (TPSA) is 84.2 Å². The van der Waals surface area contributed by atoms with Crippen molar-refractivity contribution in [3.63, 3.8) is 0 Å². The van der Waals surface area contributed by atoms with E-state index in [0.29, 0.717) is 38.0 Å². The maximum Gasteiger partial charge on any atom is 0.251 e. The molecular weight excluding hydrogens is 218 g/mol. The second kappa shape index (κ2) is 7.40. The number of amides is 2. The molecule has 0 aliphatic heterocycles. The lowest BCUT2D eigenvalue weighted by Crippen LogP contribution is -2.28. The smallest absolute Gasteiger partial charge is 0.251 e. The van der Waals surface area contributed by atoms with Gasteiger partial charge >= 0.3 is 0 Å². The third kappa shape index (κ3) is 4.24. The molecule has 0 bridgehead atoms. The fraction of sp³-hybridized carbons (Fsp3) is 0.333. The Morgan fingerprint density at radius 1 is 1.29 bits per heavy atom. The second-order valence-electron chi connectivity index (χ2n) is 3.54. The highest BCUT2D eigenvalue weighted by atomic mass is 16.1. The quantitative estimate of drug-likeness (QED) is 0.460. The number of rotatable bonds is 7. The number of carbonyl (C=O) groups is 2. The van der Waals surface area contributed by atoms with Gasteiger partial charge in [0.1, 0.15) is 0 Å². The van der Waals surface area contributed by atoms with Gasteiger partial charge in [-0.25, -0.2) is 0 Å². The van der Waals surface area contributed by atoms with Gasteiger partial charge < -0.3 is 16.4 Å². The zero-order valence-corrected chi connectivity index (χ0v) is 9.61. The fourth-order valence-electron chi connectivity index (χ4n) is 1.47. The number of carbonyl (C=O) groups excluding carboxylic acids is 2. The van der Waals surface area contributed by atoms with Crippen molar-refractivity contribution < 1.29 is 9.59 Å². The van der Waals surface area contributed by atoms with E-state index in [4.69, 9.17) is 5.73 Å². The third-order valence-corrected chi connectivity index (χ3v) is 2.35. The van der Waals surface area contributed by atoms with Crippen LogP contribution in [-0.4, -0.2) is 25.4 Å². The summed E-state index contributed by atoms with van der Waals surface area (Å²) in [5.41, 5.74) is 6.99. The van der Waals surface area contributed by atoms with Crippen LogP contribution in [0, 0.1) is 0 Å². The molecule has 1 aromatic rings. The van der Waals surface area contributed by atoms with E-state index < -0.39 is 0 Å². The molecule has 0 spiro atoms. The normalized spacial score (nSPS) is 9.71. The lowest BCUT2D eigenvalue weighted by molar-refractivity contribution is -0.109. The lowest BCUT2D eigenvalue weighted by atomic mass is 10.1. The summed E-state index contributed by atoms with van der Waals surface area (Å²) in [5, 5.41) is 5.31. The second-order valence-corrected chi connectivity index (χ2v) is 3.54. The molecule has 0 aromatic heterocycles. The van der Waals surface area contributed by atoms with Gasteiger partial charge in [-0.2, -0.15) is 0 Å². The first-order chi connectivity index (χ1) is 8.29. The molecule has 17 heavy (non-hydrogen) atoms. The highest BCUT2D eigenvalue weighted by Crippen LogP contribution is 2.07. The summed E-state index contributed by atoms with van der Waals surface area (Å²) < 4.78 is 0. The van der Waals surface area contributed by atoms with Gasteiger partial charge in [0, 0.05) is 25.2 Å². The fourth-order valence-corrected chi connectivity index (χ4v) is 1.47. The number of nitrogens with two attached hydrogens (primary N) is 1. The Balaban J connectivity index is 2.44. The van der Waals surface area contributed by atoms with Crippen molar-refractivity contribution in [3.8, 4) is 0 Å². The Morgan fingerprint density at radius 2 is 2.06 bits per heavy atom. The maximum atomic E-state index is 11.8. The molecule has 5 heteroatoms. The van der Waals surface area contributed by atoms with Gasteiger partial charge in [0.2, 0.25) is 6.41 Å². The Morgan fingerprint density at radius 3 is 2.76 bits per heavy atom. The summed E-state index contributed by atoms with van der Waals surface area (Å²) >= 11 is 0. The van der Waals surface area contributed by atoms with E-state index >= 15 is 0 Å². The summed E-state index contributed by atoms with van der Waals surface area (Å²) in [4.78, 5) is 21.8. The number of hydrogen-bond donors (Lipinski definition) is 3. The molecular formula is C12H17N3O2. The van der Waals surface area contributed by atoms with Crippen LogP contribution in [0.1, 0.15) is 22.3 Å². The average molecular weight is 235 g/mol. The molecule has 92 valence electrons. The average Bonchev–Trinajstić information content (AvgIpc) is 2.38. The van der Waals surface area contributed by atoms with Crippen molar-refractivity contribution in [1.29, 1.82) is 0 Å². The first kappa shape index (κ1) is 13.2. The van der Waals surface area contributed by atoms with E-state index in [2.05, 4.69) is 10.6 Å². The van der Waals surface area contributed by atoms with E-state index in [1.165, 1.54) is 0 Å². The molecule has 0 atom stereocenters. The zero-order chi connectivity index (χ0) is 12.5. The summed E-state index contributed by atoms with van der Waals surface area (Å²) in [7, 11) is 0. The summed E-state index contributed by atoms with van der Waals surface area (Å²) in [6.45, 7) is 1.43. The summed E-state index contributed by atoms with van der Waals surface area (Å²) in [5.74, 6) is -0.128. The van der Waals surface area contributed by atoms with Crippen molar-refractivity contribution >= 4 is 12.3 Å². The van der Waals surface area contributed by atoms with Crippen LogP contribution in [0.15, 0.2) is 24.3 Å². The Hall–Kier alpha value is -1.88. The molecule has 0 fully saturated rings. The standard InChI is InChI=1S/C12H17N3O2/c13-8-10-4-1-2-5-11(10)12(17)15-7-3-6-14-9-16/h1-2,4-5,9H,3,6-8,13H2,(H,14,16)(H,15,17). The van der Waals surface area contributed by atoms with Crippen molar-refractivity contribution in [3.05, 3.63) is 35.4 Å². The zero-order valence-electron chi connectivity index (χ0n) is 9.61. The first-order valence-electron chi connectivity index (χ1n) is 5.52. The van der Waals surface area contributed by atoms with Gasteiger partial charge in [0.25, 0.3) is 5.91 Å². The first-order valence-corrected chi connectivity index (χ1v) is 5.52. The van der Waals surface area contributed by atoms with E-state index in [9.17, 15) is 9.59 Å². The van der Waals surface area contributed by atoms with Crippen LogP contribution in [0.5, 0.6) is 0 Å². The molecule has 0 heterocycles. The number of nitrogens with one attached hydrogen (secondary N) is 2. The number of benzene rings is 1. The van der Waals surface area contributed by atoms with E-state index in [1.54, 1.807) is 6.07 Å². The van der Waals surface area contributed by atoms with E-state index in [1.807, 2.05) is 18.2 Å². The van der Waals surface area contributed by atoms with E-state index in [0.717, 1.165) is 5.56 Å². The van der Waals surface area contributed by atoms with Gasteiger partial charge in [-0.05, 0) is 18.1 Å². The molecule has 1 aromatic carbocycles. The van der Waals surface area contributed by atoms with Crippen LogP contribution in [-0.2, 0) is 11.3 Å². The van der Waals surface area contributed by atoms with Crippen LogP contribution in [0.3, 0.4) is 0 Å². The largest absolute Gasteiger partial charge is 0.359 e. The third-order valence-electron chi connectivity index (χ3n) is 2.35. The summed E-state index contributed by atoms with van der Waals surface area (Å²) in [6, 6.07) is 7.25. The highest BCUT2D eigenvalue weighted by Gasteiger charge is 2.08. The Kier molecular flexibility index (Phi) is 5.74. The molecule has 0 radical (unpaired) electrons. The summed E-state index contributed by atoms with van der Waals surface area (Å²) in [6.07, 6.45) is 1.35. The monoisotopic (exact) mass is 235 g/mol. The van der Waals surface area contributed by atoms with Crippen LogP contribution >= 0.6 is 0 Å². The van der Waals surface area contributed by atoms with Crippen molar-refractivity contribution in [2.75, 3.05) is 13.1 Å². The molecule has 4 N–H and O–H groups in total. The molecule has 0 saturated heterocycles. The van der Waals surface area contributed by atoms with E-state index in [-0.39, 0.29) is 5.91 Å². The lowest BCUT2D eigenvalue weighted by Gasteiger charge is -2.08. The van der Waals surface area contributed by atoms with Gasteiger partial charge in [-0.3, -0.25) is 9.59 Å². The van der Waals surface area contributed by atoms with Crippen molar-refractivity contribution in [2.24, 2.45) is 5.73 Å². The van der Waals surface area contributed by atoms with Gasteiger partial charge in [-0.15, -0.1) is 0 Å². The molecule has 0 aliphatic rings. The number of hydrogen-bond acceptors (Lipinski definition) is 3. The van der Waals surface area contributed by atoms with Crippen LogP contribution in [0.25, 0.3) is 0 Å². The molecule has 1 rings (SSSR count). The maximum absolute atomic E-state index is 11.8. The van der Waals surface area contributed by atoms with Crippen LogP contribution < -0.4 is 16.4 Å². The van der Waals surface area contributed by atoms with Gasteiger partial charge in [0.05, 0.1) is 0 Å². The molecule has 2 amide bonds. The van der Waals surface area contributed by atoms with Gasteiger partial charge in [0.15, 0.2) is 0 Å². The minimum Gasteiger partial charge on any atom is -0.359 e. The SMILES string of the molecule is NCc1ccccc1C(=O)NCCCNC=O. The molecule has 5 nitrogen and oxygen atoms in total. The highest BCUT2D eigenvalue weighted by molar-refractivity contribution is 5.95. The van der Waals surface area contributed by atoms with Crippen molar-refractivity contribution in [1.82, 2.24) is 10.6 Å². The Bertz CT molecular complexity index is 380. The van der Waals surface area contributed by atoms with Crippen molar-refractivity contribution in [2.45, 2.75) is 13.0 Å². The predicted molar refractivity (Wildman–Crippen MR) is 65.4 cm³/mol. The van der Waals surface area contributed by atoms with Gasteiger partial charge in [-0.1, -0.05) is 18.2 Å². The minimum absolute atomic E-state index is 0.128. The minimum atomic E-state index is -0.128. The molecule has 0 saturated carbocycles. The Labute approximate surface area is 100 Å².